The lowest BCUT2D eigenvalue weighted by Gasteiger charge is -2.22. The Morgan fingerprint density at radius 1 is 1.42 bits per heavy atom. The van der Waals surface area contributed by atoms with E-state index in [4.69, 9.17) is 0 Å². The molecule has 0 atom stereocenters. The number of likely N-dealkylation sites (N-methyl/N-ethyl adjacent to an activating group) is 1. The molecule has 2 aromatic rings. The van der Waals surface area contributed by atoms with Crippen molar-refractivity contribution in [2.24, 2.45) is 0 Å². The number of aryl methyl sites for hydroxylation is 1. The van der Waals surface area contributed by atoms with E-state index in [9.17, 15) is 0 Å². The molecule has 0 radical (unpaired) electrons. The van der Waals surface area contributed by atoms with Crippen molar-refractivity contribution in [3.8, 4) is 0 Å². The summed E-state index contributed by atoms with van der Waals surface area (Å²) in [6.07, 6.45) is 3.07. The van der Waals surface area contributed by atoms with Crippen molar-refractivity contribution in [1.82, 2.24) is 10.3 Å². The Morgan fingerprint density at radius 3 is 2.95 bits per heavy atom. The number of thiophene rings is 1. The second-order valence-electron chi connectivity index (χ2n) is 4.74. The predicted octanol–water partition coefficient (Wildman–Crippen LogP) is 2.85. The number of rotatable bonds is 6. The Bertz CT molecular complexity index is 508. The highest BCUT2D eigenvalue weighted by atomic mass is 32.1. The van der Waals surface area contributed by atoms with Gasteiger partial charge in [0.1, 0.15) is 0 Å². The van der Waals surface area contributed by atoms with Crippen LogP contribution in [0.25, 0.3) is 0 Å². The molecule has 0 spiro atoms. The van der Waals surface area contributed by atoms with Crippen LogP contribution in [0.3, 0.4) is 0 Å². The fourth-order valence-corrected chi connectivity index (χ4v) is 2.81. The Kier molecular flexibility index (Phi) is 4.93. The summed E-state index contributed by atoms with van der Waals surface area (Å²) in [4.78, 5) is 8.14. The summed E-state index contributed by atoms with van der Waals surface area (Å²) in [6, 6.07) is 6.48. The number of nitrogens with zero attached hydrogens (tertiary/aromatic N) is 2. The number of hydrogen-bond acceptors (Lipinski definition) is 4. The Labute approximate surface area is 119 Å². The van der Waals surface area contributed by atoms with Crippen molar-refractivity contribution in [2.45, 2.75) is 19.9 Å². The largest absolute Gasteiger partial charge is 0.374 e. The number of nitrogens with one attached hydrogen (secondary N) is 1. The van der Waals surface area contributed by atoms with Gasteiger partial charge in [0.2, 0.25) is 0 Å². The van der Waals surface area contributed by atoms with Crippen LogP contribution in [0.5, 0.6) is 0 Å². The van der Waals surface area contributed by atoms with Crippen LogP contribution in [-0.4, -0.2) is 25.6 Å². The molecule has 3 nitrogen and oxygen atoms in total. The highest BCUT2D eigenvalue weighted by molar-refractivity contribution is 7.09. The van der Waals surface area contributed by atoms with Gasteiger partial charge in [-0.15, -0.1) is 11.3 Å². The molecule has 0 aliphatic heterocycles. The second-order valence-corrected chi connectivity index (χ2v) is 5.77. The van der Waals surface area contributed by atoms with E-state index in [1.165, 1.54) is 16.1 Å². The van der Waals surface area contributed by atoms with Gasteiger partial charge in [0.15, 0.2) is 0 Å². The van der Waals surface area contributed by atoms with Crippen LogP contribution >= 0.6 is 11.3 Å². The van der Waals surface area contributed by atoms with Crippen molar-refractivity contribution < 1.29 is 0 Å². The molecular weight excluding hydrogens is 254 g/mol. The van der Waals surface area contributed by atoms with E-state index >= 15 is 0 Å². The summed E-state index contributed by atoms with van der Waals surface area (Å²) in [6.45, 7) is 3.92. The molecule has 102 valence electrons. The maximum absolute atomic E-state index is 4.39. The summed E-state index contributed by atoms with van der Waals surface area (Å²) in [5.41, 5.74) is 3.60. The first-order chi connectivity index (χ1) is 9.20. The van der Waals surface area contributed by atoms with E-state index in [0.717, 1.165) is 25.2 Å². The Balaban J connectivity index is 2.08. The molecule has 4 heteroatoms. The summed E-state index contributed by atoms with van der Waals surface area (Å²) < 4.78 is 0. The summed E-state index contributed by atoms with van der Waals surface area (Å²) in [7, 11) is 4.12. The molecule has 1 N–H and O–H groups in total. The Morgan fingerprint density at radius 2 is 2.26 bits per heavy atom. The zero-order valence-corrected chi connectivity index (χ0v) is 12.6. The summed E-state index contributed by atoms with van der Waals surface area (Å²) >= 11 is 1.83. The van der Waals surface area contributed by atoms with Crippen LogP contribution in [0.1, 0.15) is 16.1 Å². The van der Waals surface area contributed by atoms with Crippen LogP contribution in [0, 0.1) is 6.92 Å². The van der Waals surface area contributed by atoms with E-state index in [1.54, 1.807) is 0 Å². The van der Waals surface area contributed by atoms with E-state index in [0.29, 0.717) is 0 Å². The zero-order valence-electron chi connectivity index (χ0n) is 11.8. The molecule has 0 aliphatic rings. The van der Waals surface area contributed by atoms with E-state index < -0.39 is 0 Å². The highest BCUT2D eigenvalue weighted by Gasteiger charge is 2.08. The van der Waals surface area contributed by atoms with Crippen LogP contribution < -0.4 is 10.2 Å². The normalized spacial score (nSPS) is 10.7. The number of anilines is 1. The lowest BCUT2D eigenvalue weighted by Crippen LogP contribution is -2.23. The molecule has 2 aromatic heterocycles. The highest BCUT2D eigenvalue weighted by Crippen LogP contribution is 2.20. The number of pyridine rings is 1. The molecule has 0 saturated carbocycles. The van der Waals surface area contributed by atoms with E-state index in [2.05, 4.69) is 45.8 Å². The molecule has 0 saturated heterocycles. The lowest BCUT2D eigenvalue weighted by atomic mass is 10.2. The molecule has 0 amide bonds. The van der Waals surface area contributed by atoms with Crippen LogP contribution in [0.2, 0.25) is 0 Å². The van der Waals surface area contributed by atoms with Gasteiger partial charge >= 0.3 is 0 Å². The van der Waals surface area contributed by atoms with Crippen LogP contribution in [-0.2, 0) is 13.0 Å². The summed E-state index contributed by atoms with van der Waals surface area (Å²) in [5, 5.41) is 5.34. The molecule has 0 bridgehead atoms. The second kappa shape index (κ2) is 6.68. The first-order valence-electron chi connectivity index (χ1n) is 6.54. The lowest BCUT2D eigenvalue weighted by molar-refractivity contribution is 0.796. The summed E-state index contributed by atoms with van der Waals surface area (Å²) in [5.74, 6) is 0. The van der Waals surface area contributed by atoms with Crippen molar-refractivity contribution in [1.29, 1.82) is 0 Å². The maximum atomic E-state index is 4.39. The number of aromatic nitrogens is 1. The topological polar surface area (TPSA) is 28.2 Å². The smallest absolute Gasteiger partial charge is 0.0443 e. The minimum atomic E-state index is 0.853. The van der Waals surface area contributed by atoms with Crippen LogP contribution in [0.4, 0.5) is 5.69 Å². The van der Waals surface area contributed by atoms with Gasteiger partial charge in [0, 0.05) is 48.2 Å². The molecule has 0 unspecified atom stereocenters. The van der Waals surface area contributed by atoms with Crippen LogP contribution in [0.15, 0.2) is 29.8 Å². The predicted molar refractivity (Wildman–Crippen MR) is 83.0 cm³/mol. The van der Waals surface area contributed by atoms with Gasteiger partial charge in [-0.05, 0) is 37.9 Å². The zero-order chi connectivity index (χ0) is 13.7. The third-order valence-corrected chi connectivity index (χ3v) is 4.09. The fourth-order valence-electron chi connectivity index (χ4n) is 2.11. The van der Waals surface area contributed by atoms with Gasteiger partial charge in [-0.3, -0.25) is 4.98 Å². The molecule has 0 fully saturated rings. The van der Waals surface area contributed by atoms with Gasteiger partial charge in [0.05, 0.1) is 0 Å². The van der Waals surface area contributed by atoms with Gasteiger partial charge < -0.3 is 10.2 Å². The molecular formula is C15H21N3S. The monoisotopic (exact) mass is 275 g/mol. The van der Waals surface area contributed by atoms with Gasteiger partial charge in [-0.2, -0.15) is 0 Å². The minimum Gasteiger partial charge on any atom is -0.374 e. The maximum Gasteiger partial charge on any atom is 0.0443 e. The average molecular weight is 275 g/mol. The van der Waals surface area contributed by atoms with Crippen molar-refractivity contribution >= 4 is 17.0 Å². The first-order valence-corrected chi connectivity index (χ1v) is 7.42. The van der Waals surface area contributed by atoms with Crippen molar-refractivity contribution in [3.05, 3.63) is 45.9 Å². The standard InChI is InChI=1S/C15H21N3S/c1-12-9-15(13(10-16-2)11-17-12)18(3)7-6-14-5-4-8-19-14/h4-5,8-9,11,16H,6-7,10H2,1-3H3. The van der Waals surface area contributed by atoms with E-state index in [-0.39, 0.29) is 0 Å². The molecule has 0 aromatic carbocycles. The van der Waals surface area contributed by atoms with Crippen molar-refractivity contribution in [2.75, 3.05) is 25.5 Å². The van der Waals surface area contributed by atoms with Gasteiger partial charge in [0.25, 0.3) is 0 Å². The quantitative estimate of drug-likeness (QED) is 0.878. The molecule has 2 rings (SSSR count). The van der Waals surface area contributed by atoms with E-state index in [1.807, 2.05) is 31.5 Å². The fraction of sp³-hybridized carbons (Fsp3) is 0.400. The van der Waals surface area contributed by atoms with Crippen molar-refractivity contribution in [3.63, 3.8) is 0 Å². The molecule has 19 heavy (non-hydrogen) atoms. The molecule has 2 heterocycles. The first kappa shape index (κ1) is 14.0. The van der Waals surface area contributed by atoms with Gasteiger partial charge in [-0.25, -0.2) is 0 Å². The van der Waals surface area contributed by atoms with Gasteiger partial charge in [-0.1, -0.05) is 6.07 Å². The molecule has 0 aliphatic carbocycles. The number of hydrogen-bond donors (Lipinski definition) is 1. The third kappa shape index (κ3) is 3.78. The Hall–Kier alpha value is -1.39. The SMILES string of the molecule is CNCc1cnc(C)cc1N(C)CCc1cccs1. The minimum absolute atomic E-state index is 0.853. The third-order valence-electron chi connectivity index (χ3n) is 3.15. The average Bonchev–Trinajstić information content (AvgIpc) is 2.91.